The lowest BCUT2D eigenvalue weighted by atomic mass is 10.1. The molecule has 3 heteroatoms. The maximum Gasteiger partial charge on any atom is 0.174 e. The Morgan fingerprint density at radius 3 is 3.21 bits per heavy atom. The first-order valence-corrected chi connectivity index (χ1v) is 4.62. The zero-order valence-corrected chi connectivity index (χ0v) is 7.73. The molecule has 14 heavy (non-hydrogen) atoms. The summed E-state index contributed by atoms with van der Waals surface area (Å²) in [6.45, 7) is 0.0708. The molecule has 0 unspecified atom stereocenters. The highest BCUT2D eigenvalue weighted by atomic mass is 16.5. The van der Waals surface area contributed by atoms with Gasteiger partial charge in [-0.15, -0.1) is 0 Å². The van der Waals surface area contributed by atoms with Crippen LogP contribution in [0.2, 0.25) is 0 Å². The van der Waals surface area contributed by atoms with Crippen molar-refractivity contribution in [2.45, 2.75) is 18.9 Å². The van der Waals surface area contributed by atoms with E-state index in [1.54, 1.807) is 6.07 Å². The standard InChI is InChI=1S/C11H11NO2/c12-5-6-14-9-2-3-10-8(7-9)1-4-11(10)13/h2-3,7,11,13H,1,4,6H2/t11-/m1/s1. The zero-order chi connectivity index (χ0) is 9.97. The molecule has 0 bridgehead atoms. The van der Waals surface area contributed by atoms with E-state index in [0.717, 1.165) is 24.0 Å². The summed E-state index contributed by atoms with van der Waals surface area (Å²) in [6.07, 6.45) is 1.35. The number of benzene rings is 1. The van der Waals surface area contributed by atoms with Crippen molar-refractivity contribution >= 4 is 0 Å². The van der Waals surface area contributed by atoms with Gasteiger partial charge in [-0.3, -0.25) is 0 Å². The van der Waals surface area contributed by atoms with E-state index in [9.17, 15) is 5.11 Å². The van der Waals surface area contributed by atoms with Gasteiger partial charge in [-0.05, 0) is 36.1 Å². The van der Waals surface area contributed by atoms with Crippen molar-refractivity contribution in [1.82, 2.24) is 0 Å². The van der Waals surface area contributed by atoms with E-state index in [1.807, 2.05) is 18.2 Å². The molecule has 0 aromatic heterocycles. The number of hydrogen-bond donors (Lipinski definition) is 1. The zero-order valence-electron chi connectivity index (χ0n) is 7.73. The number of nitriles is 1. The third-order valence-electron chi connectivity index (χ3n) is 2.46. The van der Waals surface area contributed by atoms with Gasteiger partial charge in [0.2, 0.25) is 0 Å². The van der Waals surface area contributed by atoms with Crippen molar-refractivity contribution in [1.29, 1.82) is 5.26 Å². The van der Waals surface area contributed by atoms with Crippen LogP contribution in [-0.4, -0.2) is 11.7 Å². The summed E-state index contributed by atoms with van der Waals surface area (Å²) < 4.78 is 5.17. The molecule has 1 aromatic carbocycles. The van der Waals surface area contributed by atoms with Crippen LogP contribution in [0.25, 0.3) is 0 Å². The number of rotatable bonds is 2. The molecule has 72 valence electrons. The number of aliphatic hydroxyl groups excluding tert-OH is 1. The van der Waals surface area contributed by atoms with Crippen molar-refractivity contribution in [3.05, 3.63) is 29.3 Å². The first-order valence-electron chi connectivity index (χ1n) is 4.62. The summed E-state index contributed by atoms with van der Waals surface area (Å²) in [5.41, 5.74) is 2.13. The molecule has 1 atom stereocenters. The van der Waals surface area contributed by atoms with E-state index in [2.05, 4.69) is 0 Å². The average molecular weight is 189 g/mol. The fourth-order valence-electron chi connectivity index (χ4n) is 1.78. The maximum atomic E-state index is 9.56. The third kappa shape index (κ3) is 1.57. The van der Waals surface area contributed by atoms with Crippen molar-refractivity contribution in [2.24, 2.45) is 0 Å². The molecule has 1 aliphatic carbocycles. The molecule has 1 aliphatic rings. The first-order chi connectivity index (χ1) is 6.81. The van der Waals surface area contributed by atoms with Gasteiger partial charge in [-0.2, -0.15) is 5.26 Å². The second-order valence-corrected chi connectivity index (χ2v) is 3.36. The number of hydrogen-bond acceptors (Lipinski definition) is 3. The van der Waals surface area contributed by atoms with Gasteiger partial charge in [0.15, 0.2) is 6.61 Å². The van der Waals surface area contributed by atoms with Crippen LogP contribution in [0.4, 0.5) is 0 Å². The minimum atomic E-state index is -0.324. The fraction of sp³-hybridized carbons (Fsp3) is 0.364. The van der Waals surface area contributed by atoms with E-state index >= 15 is 0 Å². The second-order valence-electron chi connectivity index (χ2n) is 3.36. The van der Waals surface area contributed by atoms with E-state index in [1.165, 1.54) is 0 Å². The molecule has 1 N–H and O–H groups in total. The molecule has 2 rings (SSSR count). The van der Waals surface area contributed by atoms with Crippen LogP contribution < -0.4 is 4.74 Å². The number of nitrogens with zero attached hydrogens (tertiary/aromatic N) is 1. The molecule has 0 saturated carbocycles. The van der Waals surface area contributed by atoms with Gasteiger partial charge >= 0.3 is 0 Å². The molecule has 0 heterocycles. The molecule has 0 aliphatic heterocycles. The van der Waals surface area contributed by atoms with Gasteiger partial charge in [0.1, 0.15) is 11.8 Å². The fourth-order valence-corrected chi connectivity index (χ4v) is 1.78. The monoisotopic (exact) mass is 189 g/mol. The largest absolute Gasteiger partial charge is 0.479 e. The lowest BCUT2D eigenvalue weighted by Gasteiger charge is -2.06. The minimum Gasteiger partial charge on any atom is -0.479 e. The highest BCUT2D eigenvalue weighted by Gasteiger charge is 2.20. The summed E-state index contributed by atoms with van der Waals surface area (Å²) in [6, 6.07) is 7.50. The summed E-state index contributed by atoms with van der Waals surface area (Å²) in [7, 11) is 0. The van der Waals surface area contributed by atoms with Crippen LogP contribution in [0, 0.1) is 11.3 Å². The predicted molar refractivity (Wildman–Crippen MR) is 50.8 cm³/mol. The molecule has 0 fully saturated rings. The van der Waals surface area contributed by atoms with Crippen LogP contribution in [0.3, 0.4) is 0 Å². The lowest BCUT2D eigenvalue weighted by Crippen LogP contribution is -1.95. The summed E-state index contributed by atoms with van der Waals surface area (Å²) in [5.74, 6) is 0.708. The summed E-state index contributed by atoms with van der Waals surface area (Å²) in [4.78, 5) is 0. The predicted octanol–water partition coefficient (Wildman–Crippen LogP) is 1.57. The quantitative estimate of drug-likeness (QED) is 0.768. The van der Waals surface area contributed by atoms with Gasteiger partial charge in [0.05, 0.1) is 6.10 Å². The normalized spacial score (nSPS) is 18.7. The van der Waals surface area contributed by atoms with Crippen LogP contribution in [0.1, 0.15) is 23.7 Å². The SMILES string of the molecule is N#CCOc1ccc2c(c1)CC[C@H]2O. The Morgan fingerprint density at radius 1 is 1.57 bits per heavy atom. The lowest BCUT2D eigenvalue weighted by molar-refractivity contribution is 0.180. The Balaban J connectivity index is 2.20. The highest BCUT2D eigenvalue weighted by Crippen LogP contribution is 2.33. The average Bonchev–Trinajstić information content (AvgIpc) is 2.57. The van der Waals surface area contributed by atoms with Gasteiger partial charge in [0.25, 0.3) is 0 Å². The van der Waals surface area contributed by atoms with Crippen molar-refractivity contribution < 1.29 is 9.84 Å². The molecular formula is C11H11NO2. The Kier molecular flexibility index (Phi) is 2.38. The Labute approximate surface area is 82.6 Å². The molecular weight excluding hydrogens is 178 g/mol. The maximum absolute atomic E-state index is 9.56. The van der Waals surface area contributed by atoms with E-state index in [4.69, 9.17) is 10.00 Å². The van der Waals surface area contributed by atoms with Crippen LogP contribution in [0.5, 0.6) is 5.75 Å². The van der Waals surface area contributed by atoms with Gasteiger partial charge < -0.3 is 9.84 Å². The van der Waals surface area contributed by atoms with Crippen molar-refractivity contribution in [2.75, 3.05) is 6.61 Å². The number of aryl methyl sites for hydroxylation is 1. The molecule has 3 nitrogen and oxygen atoms in total. The molecule has 1 aromatic rings. The first kappa shape index (κ1) is 9.04. The second kappa shape index (κ2) is 3.69. The smallest absolute Gasteiger partial charge is 0.174 e. The number of aliphatic hydroxyl groups is 1. The Hall–Kier alpha value is -1.53. The highest BCUT2D eigenvalue weighted by molar-refractivity contribution is 5.39. The van der Waals surface area contributed by atoms with E-state index < -0.39 is 0 Å². The number of fused-ring (bicyclic) bond motifs is 1. The Morgan fingerprint density at radius 2 is 2.43 bits per heavy atom. The van der Waals surface area contributed by atoms with Crippen LogP contribution in [-0.2, 0) is 6.42 Å². The van der Waals surface area contributed by atoms with Crippen LogP contribution >= 0.6 is 0 Å². The van der Waals surface area contributed by atoms with E-state index in [0.29, 0.717) is 5.75 Å². The number of ether oxygens (including phenoxy) is 1. The molecule has 0 radical (unpaired) electrons. The van der Waals surface area contributed by atoms with Crippen molar-refractivity contribution in [3.8, 4) is 11.8 Å². The van der Waals surface area contributed by atoms with E-state index in [-0.39, 0.29) is 12.7 Å². The minimum absolute atomic E-state index is 0.0708. The van der Waals surface area contributed by atoms with Crippen LogP contribution in [0.15, 0.2) is 18.2 Å². The molecule has 0 amide bonds. The van der Waals surface area contributed by atoms with Crippen molar-refractivity contribution in [3.63, 3.8) is 0 Å². The topological polar surface area (TPSA) is 53.2 Å². The summed E-state index contributed by atoms with van der Waals surface area (Å²) in [5, 5.41) is 17.9. The molecule has 0 saturated heterocycles. The third-order valence-corrected chi connectivity index (χ3v) is 2.46. The van der Waals surface area contributed by atoms with Gasteiger partial charge in [-0.1, -0.05) is 6.07 Å². The summed E-state index contributed by atoms with van der Waals surface area (Å²) >= 11 is 0. The molecule has 0 spiro atoms. The van der Waals surface area contributed by atoms with Gasteiger partial charge in [-0.25, -0.2) is 0 Å². The van der Waals surface area contributed by atoms with Gasteiger partial charge in [0, 0.05) is 0 Å². The Bertz CT molecular complexity index is 381.